The summed E-state index contributed by atoms with van der Waals surface area (Å²) in [4.78, 5) is 2.36. The van der Waals surface area contributed by atoms with Crippen LogP contribution in [0.4, 0.5) is 17.1 Å². The molecule has 3 aliphatic carbocycles. The fraction of sp³-hybridized carbons (Fsp3) is 0.0508. The van der Waals surface area contributed by atoms with Crippen LogP contribution in [0.1, 0.15) is 28.2 Å². The molecule has 2 unspecified atom stereocenters. The molecule has 60 heavy (non-hydrogen) atoms. The van der Waals surface area contributed by atoms with Crippen molar-refractivity contribution in [3.8, 4) is 44.5 Å². The zero-order chi connectivity index (χ0) is 39.6. The van der Waals surface area contributed by atoms with E-state index in [0.717, 1.165) is 17.1 Å². The lowest BCUT2D eigenvalue weighted by molar-refractivity contribution is 0.465. The summed E-state index contributed by atoms with van der Waals surface area (Å²) in [5.41, 5.74) is 18.9. The summed E-state index contributed by atoms with van der Waals surface area (Å²) in [7, 11) is 0. The minimum absolute atomic E-state index is 0.241. The monoisotopic (exact) mass is 763 g/mol. The topological polar surface area (TPSA) is 3.24 Å². The Labute approximate surface area is 351 Å². The molecule has 1 nitrogen and oxygen atoms in total. The first-order valence-corrected chi connectivity index (χ1v) is 21.1. The quantitative estimate of drug-likeness (QED) is 0.163. The molecular formula is C59H41N. The Morgan fingerprint density at radius 2 is 0.933 bits per heavy atom. The van der Waals surface area contributed by atoms with Gasteiger partial charge in [0.2, 0.25) is 0 Å². The smallest absolute Gasteiger partial charge is 0.0538 e. The predicted molar refractivity (Wildman–Crippen MR) is 251 cm³/mol. The molecule has 0 heterocycles. The molecule has 0 aromatic heterocycles. The highest BCUT2D eigenvalue weighted by molar-refractivity contribution is 6.04. The average molecular weight is 764 g/mol. The van der Waals surface area contributed by atoms with Crippen molar-refractivity contribution in [2.24, 2.45) is 5.92 Å². The van der Waals surface area contributed by atoms with E-state index in [-0.39, 0.29) is 5.41 Å². The van der Waals surface area contributed by atoms with E-state index >= 15 is 0 Å². The van der Waals surface area contributed by atoms with E-state index in [0.29, 0.717) is 11.8 Å². The number of benzene rings is 9. The van der Waals surface area contributed by atoms with E-state index in [1.54, 1.807) is 0 Å². The van der Waals surface area contributed by atoms with Gasteiger partial charge in [-0.2, -0.15) is 0 Å². The first-order chi connectivity index (χ1) is 29.8. The number of rotatable bonds is 6. The summed E-state index contributed by atoms with van der Waals surface area (Å²) in [5.74, 6) is 0.648. The maximum atomic E-state index is 2.51. The van der Waals surface area contributed by atoms with Gasteiger partial charge in [-0.05, 0) is 120 Å². The number of hydrogen-bond acceptors (Lipinski definition) is 1. The molecule has 0 bridgehead atoms. The van der Waals surface area contributed by atoms with Crippen molar-refractivity contribution >= 4 is 27.8 Å². The lowest BCUT2D eigenvalue weighted by Gasteiger charge is -2.36. The summed E-state index contributed by atoms with van der Waals surface area (Å²) in [5, 5.41) is 2.51. The number of anilines is 3. The first-order valence-electron chi connectivity index (χ1n) is 21.1. The molecule has 0 radical (unpaired) electrons. The van der Waals surface area contributed by atoms with Gasteiger partial charge >= 0.3 is 0 Å². The molecular weight excluding hydrogens is 723 g/mol. The van der Waals surface area contributed by atoms with Gasteiger partial charge in [0.25, 0.3) is 0 Å². The molecule has 0 amide bonds. The minimum Gasteiger partial charge on any atom is -0.311 e. The normalized spacial score (nSPS) is 16.3. The maximum absolute atomic E-state index is 2.51. The van der Waals surface area contributed by atoms with Crippen LogP contribution in [-0.2, 0) is 5.41 Å². The maximum Gasteiger partial charge on any atom is 0.0538 e. The molecule has 0 N–H and O–H groups in total. The predicted octanol–water partition coefficient (Wildman–Crippen LogP) is 15.5. The van der Waals surface area contributed by atoms with Gasteiger partial charge < -0.3 is 4.90 Å². The van der Waals surface area contributed by atoms with Gasteiger partial charge in [0.1, 0.15) is 0 Å². The van der Waals surface area contributed by atoms with Crippen LogP contribution in [0.15, 0.2) is 237 Å². The number of nitrogens with zero attached hydrogens (tertiary/aromatic N) is 1. The second-order valence-electron chi connectivity index (χ2n) is 16.4. The molecule has 0 saturated heterocycles. The molecule has 0 fully saturated rings. The van der Waals surface area contributed by atoms with Crippen LogP contribution in [0.2, 0.25) is 0 Å². The van der Waals surface area contributed by atoms with E-state index in [1.807, 2.05) is 0 Å². The van der Waals surface area contributed by atoms with Crippen molar-refractivity contribution in [1.82, 2.24) is 0 Å². The van der Waals surface area contributed by atoms with Crippen molar-refractivity contribution in [1.29, 1.82) is 0 Å². The van der Waals surface area contributed by atoms with Gasteiger partial charge in [-0.3, -0.25) is 0 Å². The zero-order valence-corrected chi connectivity index (χ0v) is 33.1. The van der Waals surface area contributed by atoms with Crippen molar-refractivity contribution in [3.63, 3.8) is 0 Å². The number of fused-ring (bicyclic) bond motifs is 11. The lowest BCUT2D eigenvalue weighted by Crippen LogP contribution is -2.32. The van der Waals surface area contributed by atoms with Crippen molar-refractivity contribution in [2.75, 3.05) is 4.90 Å². The average Bonchev–Trinajstić information content (AvgIpc) is 3.79. The number of hydrogen-bond donors (Lipinski definition) is 0. The van der Waals surface area contributed by atoms with Crippen molar-refractivity contribution in [3.05, 3.63) is 259 Å². The van der Waals surface area contributed by atoms with Crippen LogP contribution in [-0.4, -0.2) is 0 Å². The lowest BCUT2D eigenvalue weighted by atomic mass is 9.65. The summed E-state index contributed by atoms with van der Waals surface area (Å²) in [6, 6.07) is 78.4. The van der Waals surface area contributed by atoms with Gasteiger partial charge in [-0.15, -0.1) is 0 Å². The zero-order valence-electron chi connectivity index (χ0n) is 33.1. The van der Waals surface area contributed by atoms with Gasteiger partial charge in [-0.25, -0.2) is 0 Å². The van der Waals surface area contributed by atoms with E-state index in [9.17, 15) is 0 Å². The third-order valence-corrected chi connectivity index (χ3v) is 13.4. The van der Waals surface area contributed by atoms with Crippen LogP contribution >= 0.6 is 0 Å². The highest BCUT2D eigenvalue weighted by Gasteiger charge is 2.56. The Hall–Kier alpha value is -7.48. The summed E-state index contributed by atoms with van der Waals surface area (Å²) >= 11 is 0. The van der Waals surface area contributed by atoms with E-state index in [2.05, 4.69) is 242 Å². The van der Waals surface area contributed by atoms with Gasteiger partial charge in [0.05, 0.1) is 5.41 Å². The van der Waals surface area contributed by atoms with Crippen LogP contribution in [0.5, 0.6) is 0 Å². The molecule has 1 heteroatoms. The molecule has 1 spiro atoms. The van der Waals surface area contributed by atoms with E-state index < -0.39 is 0 Å². The molecule has 2 atom stereocenters. The summed E-state index contributed by atoms with van der Waals surface area (Å²) in [6.07, 6.45) is 9.38. The Morgan fingerprint density at radius 3 is 1.65 bits per heavy atom. The second-order valence-corrected chi connectivity index (χ2v) is 16.4. The largest absolute Gasteiger partial charge is 0.311 e. The van der Waals surface area contributed by atoms with E-state index in [4.69, 9.17) is 0 Å². The second kappa shape index (κ2) is 13.8. The minimum atomic E-state index is -0.241. The summed E-state index contributed by atoms with van der Waals surface area (Å²) < 4.78 is 0. The van der Waals surface area contributed by atoms with Crippen LogP contribution < -0.4 is 4.90 Å². The Morgan fingerprint density at radius 1 is 0.367 bits per heavy atom. The molecule has 12 rings (SSSR count). The highest BCUT2D eigenvalue weighted by Crippen LogP contribution is 2.65. The molecule has 9 aromatic carbocycles. The SMILES string of the molecule is C1=CC2c3ccc(-c4ccc(N(c5ccccc5)c5ccc(-c6ccc7ccccc7c6-c6ccccc6)cc5)cc4)cc3C3(c4ccccc4-c4ccccc43)C2C=C1. The molecule has 3 aliphatic rings. The highest BCUT2D eigenvalue weighted by atomic mass is 15.1. The van der Waals surface area contributed by atoms with Crippen LogP contribution in [0.3, 0.4) is 0 Å². The third kappa shape index (κ3) is 5.19. The van der Waals surface area contributed by atoms with E-state index in [1.165, 1.54) is 77.5 Å². The molecule has 0 saturated carbocycles. The van der Waals surface area contributed by atoms with Crippen molar-refractivity contribution < 1.29 is 0 Å². The van der Waals surface area contributed by atoms with Gasteiger partial charge in [-0.1, -0.05) is 194 Å². The fourth-order valence-corrected chi connectivity index (χ4v) is 10.8. The van der Waals surface area contributed by atoms with Gasteiger partial charge in [0.15, 0.2) is 0 Å². The first kappa shape index (κ1) is 34.6. The summed E-state index contributed by atoms with van der Waals surface area (Å²) in [6.45, 7) is 0. The Kier molecular flexibility index (Phi) is 7.96. The molecule has 282 valence electrons. The van der Waals surface area contributed by atoms with Gasteiger partial charge in [0, 0.05) is 28.9 Å². The standard InChI is InChI=1S/C59H41N/c1-3-16-43(17-4-1)58-48-20-8-7-15-41(48)31-37-49(58)42-29-35-47(36-30-42)60(45-18-5-2-6-19-45)46-33-27-40(28-34-46)44-32-38-53-52-23-11-14-26-56(52)59(57(53)39-44)54-24-12-9-21-50(54)51-22-10-13-25-55(51)59/h1-39,52,56H. The van der Waals surface area contributed by atoms with Crippen molar-refractivity contribution in [2.45, 2.75) is 11.3 Å². The Balaban J connectivity index is 0.936. The third-order valence-electron chi connectivity index (χ3n) is 13.4. The van der Waals surface area contributed by atoms with Crippen LogP contribution in [0, 0.1) is 5.92 Å². The fourth-order valence-electron chi connectivity index (χ4n) is 10.8. The Bertz CT molecular complexity index is 3090. The number of allylic oxidation sites excluding steroid dienone is 4. The van der Waals surface area contributed by atoms with Crippen LogP contribution in [0.25, 0.3) is 55.3 Å². The molecule has 9 aromatic rings. The molecule has 0 aliphatic heterocycles. The number of para-hydroxylation sites is 1.